The first-order valence-corrected chi connectivity index (χ1v) is 8.75. The van der Waals surface area contributed by atoms with Gasteiger partial charge in [0.2, 0.25) is 10.0 Å². The zero-order valence-corrected chi connectivity index (χ0v) is 13.6. The summed E-state index contributed by atoms with van der Waals surface area (Å²) in [7, 11) is -3.71. The number of rotatable bonds is 4. The molecule has 21 heavy (non-hydrogen) atoms. The molecule has 0 saturated carbocycles. The Morgan fingerprint density at radius 3 is 2.43 bits per heavy atom. The minimum absolute atomic E-state index is 0.121. The van der Waals surface area contributed by atoms with Crippen molar-refractivity contribution in [2.45, 2.75) is 50.5 Å². The smallest absolute Gasteiger partial charge is 0.238 e. The highest BCUT2D eigenvalue weighted by Crippen LogP contribution is 2.33. The van der Waals surface area contributed by atoms with Crippen LogP contribution in [-0.4, -0.2) is 27.7 Å². The summed E-state index contributed by atoms with van der Waals surface area (Å²) in [5, 5.41) is 5.28. The molecule has 0 amide bonds. The second-order valence-corrected chi connectivity index (χ2v) is 7.31. The van der Waals surface area contributed by atoms with Gasteiger partial charge in [0.05, 0.1) is 18.1 Å². The zero-order chi connectivity index (χ0) is 15.6. The van der Waals surface area contributed by atoms with Crippen LogP contribution in [0.25, 0.3) is 0 Å². The van der Waals surface area contributed by atoms with Crippen LogP contribution in [0.15, 0.2) is 17.0 Å². The molecule has 1 fully saturated rings. The van der Waals surface area contributed by atoms with Crippen LogP contribution in [0, 0.1) is 6.92 Å². The van der Waals surface area contributed by atoms with E-state index in [1.165, 1.54) is 0 Å². The fraction of sp³-hybridized carbons (Fsp3) is 0.600. The molecule has 0 aliphatic carbocycles. The van der Waals surface area contributed by atoms with E-state index in [1.807, 2.05) is 13.8 Å². The van der Waals surface area contributed by atoms with Gasteiger partial charge in [-0.1, -0.05) is 13.8 Å². The summed E-state index contributed by atoms with van der Waals surface area (Å²) in [6.45, 7) is 7.16. The van der Waals surface area contributed by atoms with Crippen LogP contribution in [0.4, 0.5) is 0 Å². The second-order valence-electron chi connectivity index (χ2n) is 5.78. The molecule has 2 rings (SSSR count). The number of sulfonamides is 1. The van der Waals surface area contributed by atoms with E-state index in [9.17, 15) is 8.42 Å². The lowest BCUT2D eigenvalue weighted by Crippen LogP contribution is -2.26. The first-order valence-electron chi connectivity index (χ1n) is 7.20. The van der Waals surface area contributed by atoms with E-state index in [0.29, 0.717) is 18.8 Å². The van der Waals surface area contributed by atoms with E-state index in [0.717, 1.165) is 24.2 Å². The van der Waals surface area contributed by atoms with Gasteiger partial charge in [-0.25, -0.2) is 13.6 Å². The van der Waals surface area contributed by atoms with E-state index in [-0.39, 0.29) is 16.9 Å². The van der Waals surface area contributed by atoms with Crippen molar-refractivity contribution in [3.63, 3.8) is 0 Å². The van der Waals surface area contributed by atoms with Crippen LogP contribution in [0.2, 0.25) is 0 Å². The molecule has 0 bridgehead atoms. The van der Waals surface area contributed by atoms with E-state index < -0.39 is 10.0 Å². The topological polar surface area (TPSA) is 78.6 Å². The van der Waals surface area contributed by atoms with Crippen LogP contribution >= 0.6 is 0 Å². The highest BCUT2D eigenvalue weighted by Gasteiger charge is 2.21. The van der Waals surface area contributed by atoms with Crippen molar-refractivity contribution in [3.8, 4) is 5.75 Å². The third-order valence-corrected chi connectivity index (χ3v) is 4.75. The molecule has 1 saturated heterocycles. The molecule has 0 atom stereocenters. The minimum Gasteiger partial charge on any atom is -0.490 e. The quantitative estimate of drug-likeness (QED) is 0.925. The molecule has 0 aromatic heterocycles. The Hall–Kier alpha value is -1.11. The zero-order valence-electron chi connectivity index (χ0n) is 12.8. The molecule has 0 spiro atoms. The Bertz CT molecular complexity index is 604. The summed E-state index contributed by atoms with van der Waals surface area (Å²) in [5.41, 5.74) is 1.49. The van der Waals surface area contributed by atoms with Gasteiger partial charge >= 0.3 is 0 Å². The first kappa shape index (κ1) is 16.3. The predicted octanol–water partition coefficient (Wildman–Crippen LogP) is 2.32. The van der Waals surface area contributed by atoms with Crippen LogP contribution in [0.1, 0.15) is 43.7 Å². The van der Waals surface area contributed by atoms with Gasteiger partial charge in [0, 0.05) is 12.8 Å². The summed E-state index contributed by atoms with van der Waals surface area (Å²) in [6.07, 6.45) is 1.83. The Morgan fingerprint density at radius 2 is 1.90 bits per heavy atom. The third kappa shape index (κ3) is 3.96. The molecular weight excluding hydrogens is 290 g/mol. The molecular formula is C15H23NO4S. The lowest BCUT2D eigenvalue weighted by atomic mass is 10.00. The number of benzene rings is 1. The third-order valence-electron chi connectivity index (χ3n) is 3.70. The highest BCUT2D eigenvalue weighted by atomic mass is 32.2. The second kappa shape index (κ2) is 6.34. The summed E-state index contributed by atoms with van der Waals surface area (Å²) < 4.78 is 34.7. The molecule has 1 aliphatic heterocycles. The van der Waals surface area contributed by atoms with Crippen LogP contribution < -0.4 is 9.88 Å². The lowest BCUT2D eigenvalue weighted by Gasteiger charge is -2.26. The molecule has 118 valence electrons. The van der Waals surface area contributed by atoms with Gasteiger partial charge in [-0.05, 0) is 36.1 Å². The molecule has 2 N–H and O–H groups in total. The van der Waals surface area contributed by atoms with Crippen LogP contribution in [0.3, 0.4) is 0 Å². The van der Waals surface area contributed by atoms with Crippen LogP contribution in [-0.2, 0) is 14.8 Å². The Kier molecular flexibility index (Phi) is 4.91. The number of nitrogens with two attached hydrogens (primary N) is 1. The molecule has 0 unspecified atom stereocenters. The van der Waals surface area contributed by atoms with Gasteiger partial charge in [0.1, 0.15) is 11.9 Å². The van der Waals surface area contributed by atoms with E-state index >= 15 is 0 Å². The van der Waals surface area contributed by atoms with Gasteiger partial charge in [0.15, 0.2) is 0 Å². The first-order chi connectivity index (χ1) is 9.79. The summed E-state index contributed by atoms with van der Waals surface area (Å²) in [4.78, 5) is 0.172. The number of primary sulfonamides is 1. The average Bonchev–Trinajstić information content (AvgIpc) is 2.38. The molecule has 0 radical (unpaired) electrons. The summed E-state index contributed by atoms with van der Waals surface area (Å²) >= 11 is 0. The van der Waals surface area contributed by atoms with Gasteiger partial charge < -0.3 is 9.47 Å². The molecule has 1 aromatic carbocycles. The Balaban J connectivity index is 2.38. The van der Waals surface area contributed by atoms with Crippen molar-refractivity contribution >= 4 is 10.0 Å². The van der Waals surface area contributed by atoms with Gasteiger partial charge in [-0.2, -0.15) is 0 Å². The van der Waals surface area contributed by atoms with Crippen molar-refractivity contribution in [2.24, 2.45) is 5.14 Å². The molecule has 1 aliphatic rings. The number of hydrogen-bond acceptors (Lipinski definition) is 4. The fourth-order valence-electron chi connectivity index (χ4n) is 2.51. The van der Waals surface area contributed by atoms with E-state index in [4.69, 9.17) is 14.6 Å². The van der Waals surface area contributed by atoms with Crippen LogP contribution in [0.5, 0.6) is 5.75 Å². The van der Waals surface area contributed by atoms with Crippen molar-refractivity contribution in [1.82, 2.24) is 0 Å². The molecule has 5 nitrogen and oxygen atoms in total. The Labute approximate surface area is 126 Å². The van der Waals surface area contributed by atoms with Crippen molar-refractivity contribution in [2.75, 3.05) is 13.2 Å². The lowest BCUT2D eigenvalue weighted by molar-refractivity contribution is 0.0250. The van der Waals surface area contributed by atoms with Gasteiger partial charge in [-0.3, -0.25) is 0 Å². The Morgan fingerprint density at radius 1 is 1.29 bits per heavy atom. The molecule has 1 aromatic rings. The fourth-order valence-corrected chi connectivity index (χ4v) is 3.31. The number of aryl methyl sites for hydroxylation is 1. The highest BCUT2D eigenvalue weighted by molar-refractivity contribution is 7.89. The predicted molar refractivity (Wildman–Crippen MR) is 81.1 cm³/mol. The van der Waals surface area contributed by atoms with Gasteiger partial charge in [-0.15, -0.1) is 0 Å². The summed E-state index contributed by atoms with van der Waals surface area (Å²) in [5.74, 6) is 0.905. The average molecular weight is 313 g/mol. The maximum Gasteiger partial charge on any atom is 0.238 e. The maximum absolute atomic E-state index is 11.7. The summed E-state index contributed by atoms with van der Waals surface area (Å²) in [6, 6.07) is 3.43. The van der Waals surface area contributed by atoms with Gasteiger partial charge in [0.25, 0.3) is 0 Å². The monoisotopic (exact) mass is 313 g/mol. The number of ether oxygens (including phenoxy) is 2. The SMILES string of the molecule is Cc1cc(OC2CCOCC2)c(C(C)C)cc1S(N)(=O)=O. The van der Waals surface area contributed by atoms with Crippen molar-refractivity contribution in [1.29, 1.82) is 0 Å². The molecule has 1 heterocycles. The standard InChI is InChI=1S/C15H23NO4S/c1-10(2)13-9-15(21(16,17)18)11(3)8-14(13)20-12-4-6-19-7-5-12/h8-10,12H,4-7H2,1-3H3,(H2,16,17,18). The maximum atomic E-state index is 11.7. The van der Waals surface area contributed by atoms with Crippen molar-refractivity contribution < 1.29 is 17.9 Å². The molecule has 6 heteroatoms. The normalized spacial score (nSPS) is 17.2. The van der Waals surface area contributed by atoms with E-state index in [2.05, 4.69) is 0 Å². The minimum atomic E-state index is -3.71. The number of hydrogen-bond donors (Lipinski definition) is 1. The van der Waals surface area contributed by atoms with Crippen molar-refractivity contribution in [3.05, 3.63) is 23.3 Å². The largest absolute Gasteiger partial charge is 0.490 e. The van der Waals surface area contributed by atoms with E-state index in [1.54, 1.807) is 19.1 Å².